The van der Waals surface area contributed by atoms with Crippen molar-refractivity contribution < 1.29 is 19.2 Å². The van der Waals surface area contributed by atoms with Gasteiger partial charge in [0.05, 0.1) is 37.4 Å². The fourth-order valence-corrected chi connectivity index (χ4v) is 3.20. The smallest absolute Gasteiger partial charge is 0.275 e. The van der Waals surface area contributed by atoms with E-state index < -0.39 is 0 Å². The second kappa shape index (κ2) is 9.83. The number of methoxy groups -OCH3 is 2. The number of carbonyl (C=O) groups excluding carboxylic acids is 1. The highest BCUT2D eigenvalue weighted by Crippen LogP contribution is 2.29. The van der Waals surface area contributed by atoms with Crippen LogP contribution < -0.4 is 19.7 Å². The molecule has 0 heterocycles. The molecule has 2 rings (SSSR count). The first kappa shape index (κ1) is 21.4. The first-order chi connectivity index (χ1) is 12.8. The highest BCUT2D eigenvalue weighted by atomic mass is 35.5. The lowest BCUT2D eigenvalue weighted by Crippen LogP contribution is -3.08. The van der Waals surface area contributed by atoms with Crippen molar-refractivity contribution in [1.82, 2.24) is 5.32 Å². The van der Waals surface area contributed by atoms with Gasteiger partial charge in [-0.1, -0.05) is 29.3 Å². The van der Waals surface area contributed by atoms with Crippen molar-refractivity contribution in [1.29, 1.82) is 0 Å². The van der Waals surface area contributed by atoms with Crippen molar-refractivity contribution in [2.75, 3.05) is 27.8 Å². The molecule has 0 spiro atoms. The van der Waals surface area contributed by atoms with E-state index in [1.165, 1.54) is 0 Å². The Bertz CT molecular complexity index is 799. The van der Waals surface area contributed by atoms with Crippen LogP contribution in [0.4, 0.5) is 0 Å². The van der Waals surface area contributed by atoms with E-state index in [4.69, 9.17) is 32.7 Å². The summed E-state index contributed by atoms with van der Waals surface area (Å²) >= 11 is 12.0. The lowest BCUT2D eigenvalue weighted by atomic mass is 10.1. The van der Waals surface area contributed by atoms with Crippen LogP contribution in [-0.2, 0) is 11.3 Å². The summed E-state index contributed by atoms with van der Waals surface area (Å²) in [5.41, 5.74) is 1.89. The molecule has 0 aliphatic rings. The minimum Gasteiger partial charge on any atom is -0.497 e. The van der Waals surface area contributed by atoms with Gasteiger partial charge in [-0.2, -0.15) is 0 Å². The molecule has 0 aromatic heterocycles. The minimum atomic E-state index is -0.208. The molecule has 1 amide bonds. The zero-order valence-corrected chi connectivity index (χ0v) is 17.4. The molecule has 0 saturated heterocycles. The first-order valence-electron chi connectivity index (χ1n) is 8.60. The van der Waals surface area contributed by atoms with E-state index in [2.05, 4.69) is 5.32 Å². The Morgan fingerprint density at radius 3 is 2.48 bits per heavy atom. The summed E-state index contributed by atoms with van der Waals surface area (Å²) in [5, 5.41) is 4.06. The van der Waals surface area contributed by atoms with Crippen LogP contribution >= 0.6 is 23.2 Å². The third kappa shape index (κ3) is 6.03. The lowest BCUT2D eigenvalue weighted by molar-refractivity contribution is -0.885. The maximum absolute atomic E-state index is 12.5. The van der Waals surface area contributed by atoms with Crippen LogP contribution in [0.2, 0.25) is 10.0 Å². The van der Waals surface area contributed by atoms with Crippen molar-refractivity contribution in [3.63, 3.8) is 0 Å². The van der Waals surface area contributed by atoms with Gasteiger partial charge in [-0.3, -0.25) is 4.79 Å². The van der Waals surface area contributed by atoms with Crippen molar-refractivity contribution in [3.05, 3.63) is 57.6 Å². The number of rotatable bonds is 8. The Balaban J connectivity index is 1.97. The van der Waals surface area contributed by atoms with Crippen LogP contribution in [0.25, 0.3) is 0 Å². The summed E-state index contributed by atoms with van der Waals surface area (Å²) in [6, 6.07) is 10.8. The third-order valence-corrected chi connectivity index (χ3v) is 4.97. The summed E-state index contributed by atoms with van der Waals surface area (Å²) in [6.07, 6.45) is 0. The molecule has 5 nitrogen and oxygen atoms in total. The molecule has 0 aliphatic heterocycles. The fraction of sp³-hybridized carbons (Fsp3) is 0.350. The van der Waals surface area contributed by atoms with E-state index in [1.807, 2.05) is 44.3 Å². The van der Waals surface area contributed by atoms with Crippen LogP contribution in [0.3, 0.4) is 0 Å². The average Bonchev–Trinajstić information content (AvgIpc) is 2.63. The second-order valence-electron chi connectivity index (χ2n) is 6.46. The number of hydrogen-bond acceptors (Lipinski definition) is 3. The normalized spacial score (nSPS) is 13.0. The number of carbonyl (C=O) groups is 1. The van der Waals surface area contributed by atoms with E-state index in [0.29, 0.717) is 34.6 Å². The van der Waals surface area contributed by atoms with Gasteiger partial charge in [0, 0.05) is 11.1 Å². The average molecular weight is 412 g/mol. The number of likely N-dealkylation sites (N-methyl/N-ethyl adjacent to an activating group) is 1. The molecule has 0 fully saturated rings. The van der Waals surface area contributed by atoms with Gasteiger partial charge in [0.25, 0.3) is 5.91 Å². The van der Waals surface area contributed by atoms with Gasteiger partial charge in [-0.15, -0.1) is 0 Å². The maximum atomic E-state index is 12.5. The lowest BCUT2D eigenvalue weighted by Gasteiger charge is -2.20. The molecule has 0 saturated carbocycles. The molecule has 2 N–H and O–H groups in total. The highest BCUT2D eigenvalue weighted by Gasteiger charge is 2.18. The summed E-state index contributed by atoms with van der Waals surface area (Å²) in [5.74, 6) is 1.37. The number of amides is 1. The predicted octanol–water partition coefficient (Wildman–Crippen LogP) is 2.90. The van der Waals surface area contributed by atoms with Gasteiger partial charge in [-0.25, -0.2) is 0 Å². The number of quaternary nitrogens is 1. The molecule has 0 bridgehead atoms. The molecule has 0 aliphatic carbocycles. The SMILES string of the molecule is COc1ccc(OC)c([C@H](C)NC(=O)C[NH+](C)Cc2ccc(Cl)c(Cl)c2)c1. The quantitative estimate of drug-likeness (QED) is 0.701. The van der Waals surface area contributed by atoms with Crippen molar-refractivity contribution in [2.24, 2.45) is 0 Å². The summed E-state index contributed by atoms with van der Waals surface area (Å²) in [6.45, 7) is 2.92. The van der Waals surface area contributed by atoms with E-state index in [-0.39, 0.29) is 11.9 Å². The fourth-order valence-electron chi connectivity index (χ4n) is 2.88. The standard InChI is InChI=1S/C20H24Cl2N2O3/c1-13(16-10-15(26-3)6-8-19(16)27-4)23-20(25)12-24(2)11-14-5-7-17(21)18(22)9-14/h5-10,13H,11-12H2,1-4H3,(H,23,25)/p+1/t13-/m0/s1. The molecule has 146 valence electrons. The number of nitrogens with one attached hydrogen (secondary N) is 2. The topological polar surface area (TPSA) is 52.0 Å². The maximum Gasteiger partial charge on any atom is 0.275 e. The van der Waals surface area contributed by atoms with Gasteiger partial charge < -0.3 is 19.7 Å². The molecule has 27 heavy (non-hydrogen) atoms. The van der Waals surface area contributed by atoms with Crippen LogP contribution in [0.5, 0.6) is 11.5 Å². The van der Waals surface area contributed by atoms with Gasteiger partial charge in [0.1, 0.15) is 18.0 Å². The molecule has 2 aromatic carbocycles. The molecular formula is C20H25Cl2N2O3+. The number of ether oxygens (including phenoxy) is 2. The zero-order chi connectivity index (χ0) is 20.0. The van der Waals surface area contributed by atoms with Crippen LogP contribution in [0.1, 0.15) is 24.1 Å². The number of benzene rings is 2. The zero-order valence-electron chi connectivity index (χ0n) is 15.9. The third-order valence-electron chi connectivity index (χ3n) is 4.23. The highest BCUT2D eigenvalue weighted by molar-refractivity contribution is 6.42. The minimum absolute atomic E-state index is 0.0510. The summed E-state index contributed by atoms with van der Waals surface area (Å²) in [7, 11) is 5.17. The Morgan fingerprint density at radius 2 is 1.85 bits per heavy atom. The Morgan fingerprint density at radius 1 is 1.11 bits per heavy atom. The molecule has 2 atom stereocenters. The Labute approximate surface area is 170 Å². The van der Waals surface area contributed by atoms with Crippen LogP contribution in [0, 0.1) is 0 Å². The summed E-state index contributed by atoms with van der Waals surface area (Å²) < 4.78 is 10.7. The molecule has 1 unspecified atom stereocenters. The molecule has 2 aromatic rings. The van der Waals surface area contributed by atoms with Gasteiger partial charge in [-0.05, 0) is 37.3 Å². The van der Waals surface area contributed by atoms with Gasteiger partial charge >= 0.3 is 0 Å². The summed E-state index contributed by atoms with van der Waals surface area (Å²) in [4.78, 5) is 13.5. The van der Waals surface area contributed by atoms with E-state index in [0.717, 1.165) is 16.0 Å². The first-order valence-corrected chi connectivity index (χ1v) is 9.36. The Kier molecular flexibility index (Phi) is 7.78. The molecular weight excluding hydrogens is 387 g/mol. The van der Waals surface area contributed by atoms with Crippen LogP contribution in [0.15, 0.2) is 36.4 Å². The van der Waals surface area contributed by atoms with E-state index in [9.17, 15) is 4.79 Å². The van der Waals surface area contributed by atoms with Crippen molar-refractivity contribution in [3.8, 4) is 11.5 Å². The number of hydrogen-bond donors (Lipinski definition) is 2. The number of halogens is 2. The van der Waals surface area contributed by atoms with Crippen LogP contribution in [-0.4, -0.2) is 33.7 Å². The second-order valence-corrected chi connectivity index (χ2v) is 7.27. The van der Waals surface area contributed by atoms with Crippen molar-refractivity contribution in [2.45, 2.75) is 19.5 Å². The monoisotopic (exact) mass is 411 g/mol. The molecule has 7 heteroatoms. The molecule has 0 radical (unpaired) electrons. The van der Waals surface area contributed by atoms with Crippen molar-refractivity contribution >= 4 is 29.1 Å². The Hall–Kier alpha value is -1.95. The van der Waals surface area contributed by atoms with E-state index >= 15 is 0 Å². The van der Waals surface area contributed by atoms with Gasteiger partial charge in [0.2, 0.25) is 0 Å². The predicted molar refractivity (Wildman–Crippen MR) is 108 cm³/mol. The van der Waals surface area contributed by atoms with Gasteiger partial charge in [0.15, 0.2) is 6.54 Å². The largest absolute Gasteiger partial charge is 0.497 e. The van der Waals surface area contributed by atoms with E-state index in [1.54, 1.807) is 20.3 Å².